The molecule has 4 rings (SSSR count). The van der Waals surface area contributed by atoms with E-state index in [1.165, 1.54) is 11.1 Å². The summed E-state index contributed by atoms with van der Waals surface area (Å²) < 4.78 is 24.7. The van der Waals surface area contributed by atoms with Crippen LogP contribution in [-0.4, -0.2) is 16.3 Å². The molecular weight excluding hydrogens is 248 g/mol. The quantitative estimate of drug-likeness (QED) is 0.759. The molecule has 3 unspecified atom stereocenters. The molecule has 0 saturated heterocycles. The molecule has 3 aliphatic carbocycles. The molecule has 0 aromatic heterocycles. The van der Waals surface area contributed by atoms with Crippen LogP contribution in [0.1, 0.15) is 60.1 Å². The second-order valence-electron chi connectivity index (χ2n) is 6.98. The zero-order valence-corrected chi connectivity index (χ0v) is 11.9. The van der Waals surface area contributed by atoms with Crippen molar-refractivity contribution in [3.63, 3.8) is 0 Å². The van der Waals surface area contributed by atoms with Gasteiger partial charge in [0, 0.05) is 2.74 Å². The summed E-state index contributed by atoms with van der Waals surface area (Å²) in [6.07, 6.45) is -0.185. The summed E-state index contributed by atoms with van der Waals surface area (Å²) in [7, 11) is 0. The average molecular weight is 275 g/mol. The number of phenolic OH excluding ortho intramolecular Hbond substituents is 1. The summed E-state index contributed by atoms with van der Waals surface area (Å²) in [6, 6.07) is 5.61. The van der Waals surface area contributed by atoms with Gasteiger partial charge in [-0.15, -0.1) is 0 Å². The lowest BCUT2D eigenvalue weighted by atomic mass is 9.55. The molecule has 1 aromatic rings. The van der Waals surface area contributed by atoms with Crippen LogP contribution in [0, 0.1) is 17.3 Å². The number of hydrogen-bond acceptors (Lipinski definition) is 2. The Morgan fingerprint density at radius 3 is 3.05 bits per heavy atom. The number of aliphatic hydroxyl groups is 1. The van der Waals surface area contributed by atoms with Crippen molar-refractivity contribution < 1.29 is 14.3 Å². The molecule has 0 spiro atoms. The Kier molecular flexibility index (Phi) is 2.08. The standard InChI is InChI=1S/C18H24O2/c1-18-9-8-14-13-5-3-12(19)10-11(13)2-4-15(14)16(18)6-7-17(18)20/h3,5,10,14-17,19-20H,2,4,6-9H2,1H3/t14?,15?,16?,17-,18-/m0/s1/i7D2,17D. The first-order valence-electron chi connectivity index (χ1n) is 9.21. The highest BCUT2D eigenvalue weighted by atomic mass is 16.3. The maximum absolute atomic E-state index is 10.7. The Balaban J connectivity index is 1.75. The number of hydrogen-bond donors (Lipinski definition) is 2. The van der Waals surface area contributed by atoms with Crippen LogP contribution in [-0.2, 0) is 6.42 Å². The first-order chi connectivity index (χ1) is 10.7. The van der Waals surface area contributed by atoms with Gasteiger partial charge in [-0.1, -0.05) is 13.0 Å². The minimum atomic E-state index is -2.01. The van der Waals surface area contributed by atoms with Gasteiger partial charge in [0.2, 0.25) is 0 Å². The predicted molar refractivity (Wildman–Crippen MR) is 78.7 cm³/mol. The molecule has 0 heterocycles. The fourth-order valence-corrected chi connectivity index (χ4v) is 4.97. The number of benzene rings is 1. The van der Waals surface area contributed by atoms with Crippen LogP contribution in [0.15, 0.2) is 18.2 Å². The van der Waals surface area contributed by atoms with Crippen LogP contribution in [0.4, 0.5) is 0 Å². The van der Waals surface area contributed by atoms with E-state index in [-0.39, 0.29) is 12.3 Å². The van der Waals surface area contributed by atoms with E-state index >= 15 is 0 Å². The van der Waals surface area contributed by atoms with Gasteiger partial charge < -0.3 is 10.2 Å². The zero-order valence-electron chi connectivity index (χ0n) is 14.9. The molecule has 3 aliphatic rings. The summed E-state index contributed by atoms with van der Waals surface area (Å²) in [5.41, 5.74) is 1.81. The summed E-state index contributed by atoms with van der Waals surface area (Å²) >= 11 is 0. The predicted octanol–water partition coefficient (Wildman–Crippen LogP) is 3.61. The van der Waals surface area contributed by atoms with Crippen molar-refractivity contribution in [3.05, 3.63) is 29.3 Å². The lowest BCUT2D eigenvalue weighted by Gasteiger charge is -2.50. The molecule has 20 heavy (non-hydrogen) atoms. The number of phenols is 1. The molecule has 5 atom stereocenters. The molecule has 2 nitrogen and oxygen atoms in total. The van der Waals surface area contributed by atoms with Crippen LogP contribution in [0.3, 0.4) is 0 Å². The monoisotopic (exact) mass is 275 g/mol. The normalized spacial score (nSPS) is 51.1. The first kappa shape index (κ1) is 9.83. The van der Waals surface area contributed by atoms with Crippen LogP contribution in [0.5, 0.6) is 5.75 Å². The zero-order chi connectivity index (χ0) is 16.6. The second kappa shape index (κ2) is 4.24. The first-order valence-corrected chi connectivity index (χ1v) is 7.71. The molecule has 108 valence electrons. The Labute approximate surface area is 125 Å². The Morgan fingerprint density at radius 1 is 1.35 bits per heavy atom. The highest BCUT2D eigenvalue weighted by molar-refractivity contribution is 5.40. The largest absolute Gasteiger partial charge is 0.508 e. The number of rotatable bonds is 0. The third kappa shape index (κ3) is 1.60. The lowest BCUT2D eigenvalue weighted by molar-refractivity contribution is -0.0226. The Hall–Kier alpha value is -1.02. The maximum atomic E-state index is 10.7. The third-order valence-corrected chi connectivity index (χ3v) is 6.13. The van der Waals surface area contributed by atoms with Gasteiger partial charge in [-0.05, 0) is 84.9 Å². The van der Waals surface area contributed by atoms with Gasteiger partial charge in [-0.2, -0.15) is 0 Å². The smallest absolute Gasteiger partial charge is 0.115 e. The lowest BCUT2D eigenvalue weighted by Crippen LogP contribution is -2.43. The van der Waals surface area contributed by atoms with Gasteiger partial charge in [0.25, 0.3) is 0 Å². The minimum Gasteiger partial charge on any atom is -0.508 e. The van der Waals surface area contributed by atoms with E-state index in [1.54, 1.807) is 6.07 Å². The molecule has 0 amide bonds. The molecule has 2 heteroatoms. The summed E-state index contributed by atoms with van der Waals surface area (Å²) in [5.74, 6) is 1.03. The summed E-state index contributed by atoms with van der Waals surface area (Å²) in [6.45, 7) is 1.91. The molecular formula is C18H24O2. The van der Waals surface area contributed by atoms with Crippen molar-refractivity contribution in [1.29, 1.82) is 0 Å². The molecule has 2 N–H and O–H groups in total. The molecule has 0 radical (unpaired) electrons. The van der Waals surface area contributed by atoms with Crippen molar-refractivity contribution in [2.75, 3.05) is 0 Å². The number of fused-ring (bicyclic) bond motifs is 5. The van der Waals surface area contributed by atoms with E-state index in [4.69, 9.17) is 4.11 Å². The summed E-state index contributed by atoms with van der Waals surface area (Å²) in [5, 5.41) is 20.4. The van der Waals surface area contributed by atoms with E-state index in [1.807, 2.05) is 19.1 Å². The van der Waals surface area contributed by atoms with Gasteiger partial charge in [-0.3, -0.25) is 0 Å². The van der Waals surface area contributed by atoms with Crippen molar-refractivity contribution in [2.24, 2.45) is 17.3 Å². The highest BCUT2D eigenvalue weighted by Gasteiger charge is 2.54. The second-order valence-corrected chi connectivity index (χ2v) is 6.98. The van der Waals surface area contributed by atoms with Crippen molar-refractivity contribution in [2.45, 2.75) is 57.4 Å². The van der Waals surface area contributed by atoms with Gasteiger partial charge in [0.05, 0.1) is 7.45 Å². The van der Waals surface area contributed by atoms with Crippen molar-refractivity contribution in [3.8, 4) is 5.75 Å². The van der Waals surface area contributed by atoms with E-state index < -0.39 is 17.9 Å². The van der Waals surface area contributed by atoms with Crippen molar-refractivity contribution >= 4 is 0 Å². The third-order valence-electron chi connectivity index (χ3n) is 6.13. The topological polar surface area (TPSA) is 40.5 Å². The van der Waals surface area contributed by atoms with E-state index in [9.17, 15) is 10.2 Å². The SMILES string of the molecule is [2H]C1([2H])CC2C3CCc4cc(O)ccc4C3CC[C@]2(C)[C@@]1([2H])O. The van der Waals surface area contributed by atoms with Crippen LogP contribution < -0.4 is 0 Å². The maximum Gasteiger partial charge on any atom is 0.115 e. The molecule has 2 fully saturated rings. The molecule has 2 saturated carbocycles. The van der Waals surface area contributed by atoms with E-state index in [0.717, 1.165) is 19.3 Å². The minimum absolute atomic E-state index is 0.0423. The fraction of sp³-hybridized carbons (Fsp3) is 0.667. The van der Waals surface area contributed by atoms with Crippen molar-refractivity contribution in [1.82, 2.24) is 0 Å². The van der Waals surface area contributed by atoms with Gasteiger partial charge in [0.15, 0.2) is 0 Å². The Morgan fingerprint density at radius 2 is 2.20 bits per heavy atom. The van der Waals surface area contributed by atoms with Gasteiger partial charge >= 0.3 is 0 Å². The van der Waals surface area contributed by atoms with Gasteiger partial charge in [-0.25, -0.2) is 0 Å². The highest BCUT2D eigenvalue weighted by Crippen LogP contribution is 2.60. The molecule has 1 aromatic carbocycles. The van der Waals surface area contributed by atoms with Gasteiger partial charge in [0.1, 0.15) is 5.75 Å². The number of aromatic hydroxyl groups is 1. The molecule has 0 aliphatic heterocycles. The van der Waals surface area contributed by atoms with Crippen LogP contribution in [0.25, 0.3) is 0 Å². The van der Waals surface area contributed by atoms with Crippen LogP contribution in [0.2, 0.25) is 0 Å². The average Bonchev–Trinajstić information content (AvgIpc) is 2.62. The summed E-state index contributed by atoms with van der Waals surface area (Å²) in [4.78, 5) is 0. The van der Waals surface area contributed by atoms with E-state index in [2.05, 4.69) is 0 Å². The fourth-order valence-electron chi connectivity index (χ4n) is 4.97. The van der Waals surface area contributed by atoms with E-state index in [0.29, 0.717) is 24.0 Å². The number of aryl methyl sites for hydroxylation is 1. The Bertz CT molecular complexity index is 658. The molecule has 0 bridgehead atoms. The van der Waals surface area contributed by atoms with Crippen LogP contribution >= 0.6 is 0 Å².